The highest BCUT2D eigenvalue weighted by Crippen LogP contribution is 2.26. The van der Waals surface area contributed by atoms with Crippen LogP contribution in [-0.2, 0) is 10.6 Å². The molecule has 0 fully saturated rings. The van der Waals surface area contributed by atoms with Crippen LogP contribution in [0.1, 0.15) is 87.8 Å². The minimum Gasteiger partial charge on any atom is -0.314 e. The van der Waals surface area contributed by atoms with Crippen LogP contribution in [0.3, 0.4) is 0 Å². The van der Waals surface area contributed by atoms with E-state index in [-0.39, 0.29) is 0 Å². The van der Waals surface area contributed by atoms with Crippen molar-refractivity contribution in [2.75, 3.05) is 7.11 Å². The van der Waals surface area contributed by atoms with E-state index in [0.717, 1.165) is 23.3 Å². The number of nitrogens with zero attached hydrogens (tertiary/aromatic N) is 2. The van der Waals surface area contributed by atoms with E-state index in [4.69, 9.17) is 4.18 Å². The van der Waals surface area contributed by atoms with Crippen molar-refractivity contribution in [2.45, 2.75) is 82.4 Å². The van der Waals surface area contributed by atoms with Gasteiger partial charge < -0.3 is 4.18 Å². The summed E-state index contributed by atoms with van der Waals surface area (Å²) >= 11 is 1.19. The Morgan fingerprint density at radius 2 is 1.32 bits per heavy atom. The molecule has 0 spiro atoms. The second kappa shape index (κ2) is 13.8. The third-order valence-corrected chi connectivity index (χ3v) is 5.02. The summed E-state index contributed by atoms with van der Waals surface area (Å²) in [6.45, 7) is 2.25. The van der Waals surface area contributed by atoms with Gasteiger partial charge >= 0.3 is 0 Å². The maximum atomic E-state index is 9.38. The second-order valence-corrected chi connectivity index (χ2v) is 7.37. The fraction of sp³-hybridized carbons (Fsp3) is 0.619. The molecule has 0 saturated carbocycles. The lowest BCUT2D eigenvalue weighted by Gasteiger charge is -2.09. The van der Waals surface area contributed by atoms with Crippen molar-refractivity contribution in [1.29, 1.82) is 10.5 Å². The predicted octanol–water partition coefficient (Wildman–Crippen LogP) is 6.55. The van der Waals surface area contributed by atoms with E-state index < -0.39 is 0 Å². The smallest absolute Gasteiger partial charge is 0.0995 e. The van der Waals surface area contributed by atoms with E-state index >= 15 is 0 Å². The molecular weight excluding hydrogens is 328 g/mol. The summed E-state index contributed by atoms with van der Waals surface area (Å²) < 4.78 is 5.03. The summed E-state index contributed by atoms with van der Waals surface area (Å²) in [4.78, 5) is 0.808. The summed E-state index contributed by atoms with van der Waals surface area (Å²) in [6, 6.07) is 8.11. The topological polar surface area (TPSA) is 56.8 Å². The molecule has 0 N–H and O–H groups in total. The molecule has 0 amide bonds. The number of hydrogen-bond donors (Lipinski definition) is 0. The Labute approximate surface area is 157 Å². The van der Waals surface area contributed by atoms with E-state index in [1.54, 1.807) is 7.11 Å². The van der Waals surface area contributed by atoms with Crippen LogP contribution in [0.4, 0.5) is 0 Å². The van der Waals surface area contributed by atoms with Gasteiger partial charge in [-0.2, -0.15) is 10.5 Å². The Hall–Kier alpha value is -1.49. The Morgan fingerprint density at radius 3 is 1.76 bits per heavy atom. The van der Waals surface area contributed by atoms with Crippen molar-refractivity contribution in [3.8, 4) is 12.1 Å². The molecule has 0 saturated heterocycles. The predicted molar refractivity (Wildman–Crippen MR) is 104 cm³/mol. The monoisotopic (exact) mass is 358 g/mol. The summed E-state index contributed by atoms with van der Waals surface area (Å²) in [7, 11) is 1.58. The van der Waals surface area contributed by atoms with Crippen LogP contribution in [0, 0.1) is 22.7 Å². The van der Waals surface area contributed by atoms with Crippen LogP contribution in [0.25, 0.3) is 0 Å². The number of unbranched alkanes of at least 4 members (excludes halogenated alkanes) is 9. The Bertz CT molecular complexity index is 552. The summed E-state index contributed by atoms with van der Waals surface area (Å²) in [5.74, 6) is 0. The molecule has 3 nitrogen and oxygen atoms in total. The van der Waals surface area contributed by atoms with Gasteiger partial charge in [-0.15, -0.1) is 0 Å². The summed E-state index contributed by atoms with van der Waals surface area (Å²) in [5, 5.41) is 18.8. The first-order valence-electron chi connectivity index (χ1n) is 9.44. The molecule has 4 heteroatoms. The lowest BCUT2D eigenvalue weighted by atomic mass is 9.96. The van der Waals surface area contributed by atoms with Crippen molar-refractivity contribution >= 4 is 12.0 Å². The molecule has 0 bridgehead atoms. The maximum absolute atomic E-state index is 9.38. The van der Waals surface area contributed by atoms with Gasteiger partial charge in [0.15, 0.2) is 0 Å². The summed E-state index contributed by atoms with van der Waals surface area (Å²) in [6.07, 6.45) is 13.7. The molecule has 0 aliphatic carbocycles. The Morgan fingerprint density at radius 1 is 0.840 bits per heavy atom. The summed E-state index contributed by atoms with van der Waals surface area (Å²) in [5.41, 5.74) is 2.11. The average Bonchev–Trinajstić information content (AvgIpc) is 2.63. The fourth-order valence-electron chi connectivity index (χ4n) is 3.05. The third-order valence-electron chi connectivity index (χ3n) is 4.42. The van der Waals surface area contributed by atoms with Crippen LogP contribution >= 0.6 is 12.0 Å². The first-order chi connectivity index (χ1) is 12.3. The number of benzene rings is 1. The second-order valence-electron chi connectivity index (χ2n) is 6.40. The van der Waals surface area contributed by atoms with Gasteiger partial charge in [-0.05, 0) is 30.5 Å². The molecule has 0 atom stereocenters. The van der Waals surface area contributed by atoms with Gasteiger partial charge in [0.05, 0.1) is 30.4 Å². The SMILES string of the molecule is CCCCCCCCCCCCc1c(C#N)cc(SOC)cc1C#N. The zero-order chi connectivity index (χ0) is 18.3. The molecule has 0 unspecified atom stereocenters. The largest absolute Gasteiger partial charge is 0.314 e. The molecule has 0 aliphatic heterocycles. The zero-order valence-corrected chi connectivity index (χ0v) is 16.5. The van der Waals surface area contributed by atoms with Crippen LogP contribution in [0.15, 0.2) is 17.0 Å². The highest BCUT2D eigenvalue weighted by molar-refractivity contribution is 7.94. The molecule has 1 rings (SSSR count). The highest BCUT2D eigenvalue weighted by atomic mass is 32.2. The van der Waals surface area contributed by atoms with Gasteiger partial charge in [0.2, 0.25) is 0 Å². The number of rotatable bonds is 13. The van der Waals surface area contributed by atoms with Gasteiger partial charge in [-0.1, -0.05) is 64.7 Å². The zero-order valence-electron chi connectivity index (χ0n) is 15.6. The van der Waals surface area contributed by atoms with Crippen molar-refractivity contribution in [3.05, 3.63) is 28.8 Å². The molecule has 25 heavy (non-hydrogen) atoms. The van der Waals surface area contributed by atoms with Crippen molar-refractivity contribution < 1.29 is 4.18 Å². The minimum absolute atomic E-state index is 0.606. The van der Waals surface area contributed by atoms with E-state index in [9.17, 15) is 10.5 Å². The first kappa shape index (κ1) is 21.6. The van der Waals surface area contributed by atoms with Gasteiger partial charge in [-0.3, -0.25) is 0 Å². The van der Waals surface area contributed by atoms with Crippen LogP contribution in [0.5, 0.6) is 0 Å². The van der Waals surface area contributed by atoms with Crippen molar-refractivity contribution in [2.24, 2.45) is 0 Å². The minimum atomic E-state index is 0.606. The quantitative estimate of drug-likeness (QED) is 0.296. The normalized spacial score (nSPS) is 10.4. The van der Waals surface area contributed by atoms with Gasteiger partial charge in [0.1, 0.15) is 0 Å². The molecule has 1 aromatic carbocycles. The van der Waals surface area contributed by atoms with E-state index in [2.05, 4.69) is 19.1 Å². The number of nitriles is 2. The Kier molecular flexibility index (Phi) is 11.9. The molecular formula is C21H30N2OS. The van der Waals surface area contributed by atoms with E-state index in [1.165, 1.54) is 69.8 Å². The third kappa shape index (κ3) is 8.43. The molecule has 0 heterocycles. The Balaban J connectivity index is 2.37. The van der Waals surface area contributed by atoms with E-state index in [0.29, 0.717) is 11.1 Å². The molecule has 0 radical (unpaired) electrons. The average molecular weight is 359 g/mol. The lowest BCUT2D eigenvalue weighted by molar-refractivity contribution is 0.490. The molecule has 0 aliphatic rings. The maximum Gasteiger partial charge on any atom is 0.0995 e. The highest BCUT2D eigenvalue weighted by Gasteiger charge is 2.11. The lowest BCUT2D eigenvalue weighted by Crippen LogP contribution is -1.97. The van der Waals surface area contributed by atoms with E-state index in [1.807, 2.05) is 12.1 Å². The molecule has 1 aromatic rings. The van der Waals surface area contributed by atoms with Crippen LogP contribution < -0.4 is 0 Å². The standard InChI is InChI=1S/C21H30N2OS/c1-3-4-5-6-7-8-9-10-11-12-13-21-18(16-22)14-20(25-24-2)15-19(21)17-23/h14-15H,3-13H2,1-2H3. The van der Waals surface area contributed by atoms with Crippen LogP contribution in [0.2, 0.25) is 0 Å². The fourth-order valence-corrected chi connectivity index (χ4v) is 3.57. The number of hydrogen-bond acceptors (Lipinski definition) is 4. The van der Waals surface area contributed by atoms with Crippen molar-refractivity contribution in [1.82, 2.24) is 0 Å². The van der Waals surface area contributed by atoms with Gasteiger partial charge in [0, 0.05) is 16.9 Å². The molecule has 0 aromatic heterocycles. The van der Waals surface area contributed by atoms with Crippen LogP contribution in [-0.4, -0.2) is 7.11 Å². The molecule has 136 valence electrons. The first-order valence-corrected chi connectivity index (χ1v) is 10.2. The van der Waals surface area contributed by atoms with Gasteiger partial charge in [0.25, 0.3) is 0 Å². The van der Waals surface area contributed by atoms with Gasteiger partial charge in [-0.25, -0.2) is 0 Å². The van der Waals surface area contributed by atoms with Crippen molar-refractivity contribution in [3.63, 3.8) is 0 Å².